The van der Waals surface area contributed by atoms with Crippen molar-refractivity contribution < 1.29 is 4.74 Å². The van der Waals surface area contributed by atoms with Crippen molar-refractivity contribution in [1.29, 1.82) is 0 Å². The summed E-state index contributed by atoms with van der Waals surface area (Å²) < 4.78 is 7.82. The van der Waals surface area contributed by atoms with E-state index in [0.29, 0.717) is 16.8 Å². The number of fused-ring (bicyclic) bond motifs is 4. The number of hydrogen-bond donors (Lipinski definition) is 1. The van der Waals surface area contributed by atoms with E-state index >= 15 is 0 Å². The molecule has 7 heteroatoms. The Bertz CT molecular complexity index is 1350. The highest BCUT2D eigenvalue weighted by Gasteiger charge is 2.31. The van der Waals surface area contributed by atoms with E-state index in [1.165, 1.54) is 15.9 Å². The van der Waals surface area contributed by atoms with Gasteiger partial charge in [-0.2, -0.15) is 0 Å². The van der Waals surface area contributed by atoms with Crippen LogP contribution in [0.1, 0.15) is 37.1 Å². The summed E-state index contributed by atoms with van der Waals surface area (Å²) in [5.41, 5.74) is 2.64. The van der Waals surface area contributed by atoms with Crippen LogP contribution in [0.15, 0.2) is 46.0 Å². The van der Waals surface area contributed by atoms with Crippen LogP contribution >= 0.6 is 11.3 Å². The minimum atomic E-state index is -0.404. The van der Waals surface area contributed by atoms with Gasteiger partial charge in [-0.05, 0) is 25.0 Å². The third-order valence-corrected chi connectivity index (χ3v) is 6.90. The van der Waals surface area contributed by atoms with Gasteiger partial charge in [0.05, 0.1) is 30.0 Å². The first-order chi connectivity index (χ1) is 14.0. The molecule has 4 heterocycles. The number of H-pyrrole nitrogens is 1. The van der Waals surface area contributed by atoms with Crippen LogP contribution in [0, 0.1) is 0 Å². The number of thiophene rings is 1. The summed E-state index contributed by atoms with van der Waals surface area (Å²) in [6.07, 6.45) is 1.66. The number of rotatable bonds is 3. The highest BCUT2D eigenvalue weighted by Crippen LogP contribution is 2.35. The van der Waals surface area contributed by atoms with E-state index in [2.05, 4.69) is 18.8 Å². The smallest absolute Gasteiger partial charge is 0.329 e. The Hall–Kier alpha value is -2.77. The Balaban J connectivity index is 1.67. The fourth-order valence-corrected chi connectivity index (χ4v) is 4.92. The summed E-state index contributed by atoms with van der Waals surface area (Å²) in [4.78, 5) is 34.3. The standard InChI is InChI=1S/C22H21N3O3S/c1-3-22(2)10-16-14(12-28-22)9-15-17-18(29-19(15)23-16)20(26)25(21(27)24-17)11-13-7-5-4-6-8-13/h4-9H,3,10-12H2,1-2H3,(H,24,27)/t22-/m1/s1. The van der Waals surface area contributed by atoms with E-state index in [-0.39, 0.29) is 17.7 Å². The molecule has 6 nitrogen and oxygen atoms in total. The molecule has 1 aliphatic heterocycles. The maximum absolute atomic E-state index is 13.1. The molecule has 0 radical (unpaired) electrons. The monoisotopic (exact) mass is 407 g/mol. The predicted octanol–water partition coefficient (Wildman–Crippen LogP) is 3.59. The van der Waals surface area contributed by atoms with Crippen molar-refractivity contribution in [2.45, 2.75) is 45.4 Å². The van der Waals surface area contributed by atoms with Gasteiger partial charge >= 0.3 is 5.69 Å². The van der Waals surface area contributed by atoms with Crippen LogP contribution in [-0.4, -0.2) is 20.1 Å². The van der Waals surface area contributed by atoms with Crippen molar-refractivity contribution in [2.75, 3.05) is 0 Å². The lowest BCUT2D eigenvalue weighted by atomic mass is 9.91. The summed E-state index contributed by atoms with van der Waals surface area (Å²) >= 11 is 1.35. The molecule has 148 valence electrons. The minimum absolute atomic E-state index is 0.207. The minimum Gasteiger partial charge on any atom is -0.370 e. The van der Waals surface area contributed by atoms with Gasteiger partial charge in [-0.1, -0.05) is 37.3 Å². The van der Waals surface area contributed by atoms with Crippen molar-refractivity contribution in [1.82, 2.24) is 14.5 Å². The first-order valence-corrected chi connectivity index (χ1v) is 10.5. The maximum Gasteiger partial charge on any atom is 0.329 e. The second kappa shape index (κ2) is 6.64. The lowest BCUT2D eigenvalue weighted by Crippen LogP contribution is -2.35. The van der Waals surface area contributed by atoms with Gasteiger partial charge in [0, 0.05) is 17.4 Å². The van der Waals surface area contributed by atoms with Crippen molar-refractivity contribution in [2.24, 2.45) is 0 Å². The molecule has 1 atom stereocenters. The van der Waals surface area contributed by atoms with Crippen LogP contribution in [0.4, 0.5) is 0 Å². The number of hydrogen-bond acceptors (Lipinski definition) is 5. The van der Waals surface area contributed by atoms with Crippen molar-refractivity contribution in [3.63, 3.8) is 0 Å². The van der Waals surface area contributed by atoms with Gasteiger partial charge in [0.2, 0.25) is 0 Å². The predicted molar refractivity (Wildman–Crippen MR) is 115 cm³/mol. The van der Waals surface area contributed by atoms with E-state index < -0.39 is 5.69 Å². The largest absolute Gasteiger partial charge is 0.370 e. The molecule has 0 unspecified atom stereocenters. The van der Waals surface area contributed by atoms with Gasteiger partial charge < -0.3 is 9.72 Å². The molecule has 0 saturated heterocycles. The zero-order chi connectivity index (χ0) is 20.2. The zero-order valence-electron chi connectivity index (χ0n) is 16.3. The Morgan fingerprint density at radius 1 is 1.28 bits per heavy atom. The van der Waals surface area contributed by atoms with Crippen LogP contribution in [0.3, 0.4) is 0 Å². The van der Waals surface area contributed by atoms with Gasteiger partial charge in [-0.3, -0.25) is 9.36 Å². The highest BCUT2D eigenvalue weighted by molar-refractivity contribution is 7.25. The number of aromatic amines is 1. The Kier molecular flexibility index (Phi) is 4.18. The molecule has 1 aromatic carbocycles. The number of pyridine rings is 1. The van der Waals surface area contributed by atoms with Gasteiger partial charge in [0.25, 0.3) is 5.56 Å². The second-order valence-electron chi connectivity index (χ2n) is 7.83. The van der Waals surface area contributed by atoms with Crippen LogP contribution in [0.2, 0.25) is 0 Å². The molecule has 5 rings (SSSR count). The molecule has 0 bridgehead atoms. The summed E-state index contributed by atoms with van der Waals surface area (Å²) in [5, 5.41) is 0.813. The Morgan fingerprint density at radius 2 is 2.07 bits per heavy atom. The first kappa shape index (κ1) is 18.3. The number of aromatic nitrogens is 3. The van der Waals surface area contributed by atoms with Gasteiger partial charge in [-0.25, -0.2) is 9.78 Å². The van der Waals surface area contributed by atoms with Crippen molar-refractivity contribution in [3.05, 3.63) is 74.1 Å². The molecule has 0 spiro atoms. The molecule has 0 saturated carbocycles. The van der Waals surface area contributed by atoms with E-state index in [0.717, 1.165) is 39.9 Å². The van der Waals surface area contributed by atoms with E-state index in [1.807, 2.05) is 36.4 Å². The van der Waals surface area contributed by atoms with Crippen molar-refractivity contribution >= 4 is 31.8 Å². The average molecular weight is 407 g/mol. The fourth-order valence-electron chi connectivity index (χ4n) is 3.84. The van der Waals surface area contributed by atoms with Crippen molar-refractivity contribution in [3.8, 4) is 0 Å². The lowest BCUT2D eigenvalue weighted by molar-refractivity contribution is -0.0573. The van der Waals surface area contributed by atoms with Crippen LogP contribution in [0.5, 0.6) is 0 Å². The summed E-state index contributed by atoms with van der Waals surface area (Å²) in [6.45, 7) is 4.95. The third-order valence-electron chi connectivity index (χ3n) is 5.82. The Morgan fingerprint density at radius 3 is 2.83 bits per heavy atom. The molecular formula is C22H21N3O3S. The highest BCUT2D eigenvalue weighted by atomic mass is 32.1. The normalized spacial score (nSPS) is 19.0. The molecule has 0 amide bonds. The van der Waals surface area contributed by atoms with Gasteiger partial charge in [0.15, 0.2) is 0 Å². The molecule has 29 heavy (non-hydrogen) atoms. The van der Waals surface area contributed by atoms with E-state index in [4.69, 9.17) is 9.72 Å². The van der Waals surface area contributed by atoms with Crippen LogP contribution in [-0.2, 0) is 24.3 Å². The summed E-state index contributed by atoms with van der Waals surface area (Å²) in [6, 6.07) is 11.5. The molecule has 1 aliphatic rings. The van der Waals surface area contributed by atoms with E-state index in [1.54, 1.807) is 0 Å². The van der Waals surface area contributed by atoms with E-state index in [9.17, 15) is 9.59 Å². The van der Waals surface area contributed by atoms with Crippen LogP contribution in [0.25, 0.3) is 20.4 Å². The summed E-state index contributed by atoms with van der Waals surface area (Å²) in [7, 11) is 0. The van der Waals surface area contributed by atoms with Gasteiger partial charge in [0.1, 0.15) is 9.53 Å². The molecule has 4 aromatic rings. The zero-order valence-corrected chi connectivity index (χ0v) is 17.1. The maximum atomic E-state index is 13.1. The molecule has 0 fully saturated rings. The summed E-state index contributed by atoms with van der Waals surface area (Å²) in [5.74, 6) is 0. The molecule has 0 aliphatic carbocycles. The number of nitrogens with one attached hydrogen (secondary N) is 1. The Labute approximate surface area is 170 Å². The second-order valence-corrected chi connectivity index (χ2v) is 8.83. The SMILES string of the molecule is CC[C@]1(C)Cc2nc3sc4c(=O)n(Cc5ccccc5)c(=O)[nH]c4c3cc2CO1. The molecule has 1 N–H and O–H groups in total. The number of ether oxygens (including phenoxy) is 1. The average Bonchev–Trinajstić information content (AvgIpc) is 3.07. The lowest BCUT2D eigenvalue weighted by Gasteiger charge is -2.33. The number of nitrogens with zero attached hydrogens (tertiary/aromatic N) is 2. The quantitative estimate of drug-likeness (QED) is 0.563. The molecular weight excluding hydrogens is 386 g/mol. The fraction of sp³-hybridized carbons (Fsp3) is 0.318. The third kappa shape index (κ3) is 3.01. The topological polar surface area (TPSA) is 77.0 Å². The van der Waals surface area contributed by atoms with Gasteiger partial charge in [-0.15, -0.1) is 11.3 Å². The first-order valence-electron chi connectivity index (χ1n) is 9.73. The van der Waals surface area contributed by atoms with Crippen LogP contribution < -0.4 is 11.2 Å². The number of benzene rings is 1. The molecule has 3 aromatic heterocycles.